The lowest BCUT2D eigenvalue weighted by molar-refractivity contribution is 0.332. The molecule has 3 heterocycles. The number of anilines is 6. The molecule has 0 amide bonds. The van der Waals surface area contributed by atoms with Crippen molar-refractivity contribution in [2.24, 2.45) is 0 Å². The lowest BCUT2D eigenvalue weighted by atomic mass is 9.35. The van der Waals surface area contributed by atoms with Crippen LogP contribution in [0.15, 0.2) is 78.9 Å². The van der Waals surface area contributed by atoms with Crippen LogP contribution in [0.4, 0.5) is 34.1 Å². The van der Waals surface area contributed by atoms with Crippen LogP contribution in [0.3, 0.4) is 0 Å². The van der Waals surface area contributed by atoms with E-state index in [0.29, 0.717) is 0 Å². The number of fused-ring (bicyclic) bond motifs is 7. The van der Waals surface area contributed by atoms with Crippen LogP contribution in [0.25, 0.3) is 10.1 Å². The van der Waals surface area contributed by atoms with E-state index in [1.54, 1.807) is 0 Å². The van der Waals surface area contributed by atoms with Gasteiger partial charge in [-0.1, -0.05) is 141 Å². The second-order valence-corrected chi connectivity index (χ2v) is 26.0. The molecule has 0 fully saturated rings. The number of benzene rings is 5. The maximum atomic E-state index is 2.70. The third-order valence-electron chi connectivity index (χ3n) is 14.8. The zero-order valence-corrected chi connectivity index (χ0v) is 42.1. The van der Waals surface area contributed by atoms with Crippen LogP contribution < -0.4 is 25.5 Å². The van der Waals surface area contributed by atoms with E-state index in [4.69, 9.17) is 0 Å². The van der Waals surface area contributed by atoms with E-state index in [-0.39, 0.29) is 39.2 Å². The molecule has 5 aromatic carbocycles. The normalized spacial score (nSPS) is 16.9. The maximum absolute atomic E-state index is 2.70. The summed E-state index contributed by atoms with van der Waals surface area (Å²) in [6.45, 7) is 43.0. The van der Waals surface area contributed by atoms with Crippen molar-refractivity contribution in [3.63, 3.8) is 0 Å². The molecular formula is C58H71BN2S. The fourth-order valence-corrected chi connectivity index (χ4v) is 12.0. The van der Waals surface area contributed by atoms with Crippen molar-refractivity contribution in [2.45, 2.75) is 170 Å². The summed E-state index contributed by atoms with van der Waals surface area (Å²) in [6.07, 6.45) is 2.37. The Hall–Kier alpha value is -4.28. The Morgan fingerprint density at radius 2 is 0.952 bits per heavy atom. The molecule has 62 heavy (non-hydrogen) atoms. The van der Waals surface area contributed by atoms with Crippen molar-refractivity contribution < 1.29 is 0 Å². The van der Waals surface area contributed by atoms with Crippen molar-refractivity contribution >= 4 is 78.0 Å². The zero-order valence-electron chi connectivity index (χ0n) is 41.3. The fraction of sp³-hybridized carbons (Fsp3) is 0.448. The van der Waals surface area contributed by atoms with Gasteiger partial charge in [-0.15, -0.1) is 11.3 Å². The Kier molecular flexibility index (Phi) is 9.45. The van der Waals surface area contributed by atoms with Crippen LogP contribution in [0.1, 0.15) is 168 Å². The van der Waals surface area contributed by atoms with Crippen molar-refractivity contribution in [3.8, 4) is 0 Å². The van der Waals surface area contributed by atoms with Gasteiger partial charge in [0.15, 0.2) is 0 Å². The number of aryl methyl sites for hydroxylation is 2. The molecule has 2 aliphatic heterocycles. The first-order valence-electron chi connectivity index (χ1n) is 23.3. The molecule has 4 heteroatoms. The Morgan fingerprint density at radius 1 is 0.500 bits per heavy atom. The van der Waals surface area contributed by atoms with Crippen molar-refractivity contribution in [1.82, 2.24) is 0 Å². The summed E-state index contributed by atoms with van der Waals surface area (Å²) in [5, 5.41) is 1.35. The Balaban J connectivity index is 1.46. The van der Waals surface area contributed by atoms with E-state index in [1.807, 2.05) is 11.3 Å². The van der Waals surface area contributed by atoms with E-state index >= 15 is 0 Å². The Bertz CT molecular complexity index is 2760. The van der Waals surface area contributed by atoms with E-state index in [2.05, 4.69) is 213 Å². The number of hydrogen-bond donors (Lipinski definition) is 0. The van der Waals surface area contributed by atoms with E-state index in [1.165, 1.54) is 117 Å². The lowest BCUT2D eigenvalue weighted by Gasteiger charge is -2.47. The summed E-state index contributed by atoms with van der Waals surface area (Å²) in [5.41, 5.74) is 21.9. The number of rotatable bonds is 2. The van der Waals surface area contributed by atoms with E-state index < -0.39 is 0 Å². The molecule has 0 saturated carbocycles. The largest absolute Gasteiger partial charge is 0.311 e. The molecule has 2 nitrogen and oxygen atoms in total. The molecule has 322 valence electrons. The van der Waals surface area contributed by atoms with Crippen LogP contribution >= 0.6 is 11.3 Å². The van der Waals surface area contributed by atoms with Gasteiger partial charge in [-0.2, -0.15) is 0 Å². The second kappa shape index (κ2) is 13.6. The van der Waals surface area contributed by atoms with Gasteiger partial charge in [0.05, 0.1) is 5.69 Å². The van der Waals surface area contributed by atoms with Crippen LogP contribution in [-0.4, -0.2) is 6.71 Å². The standard InChI is InChI=1S/C58H71BN2S/c1-34-19-20-42-49(25-34)62-52-51(42)61(41-30-38(55(9,10)11)27-39(31-41)56(12,13)14)48-24-35(2)23-47-50(48)59(52)45-32-43-44(58(17,18)22-21-57(43,15)16)33-46(45)60(47)40-28-36(53(3,4)5)26-37(29-40)54(6,7)8/h19-20,23-33H,21-22H2,1-18H3. The average molecular weight is 839 g/mol. The van der Waals surface area contributed by atoms with Gasteiger partial charge in [0, 0.05) is 43.3 Å². The number of hydrogen-bond acceptors (Lipinski definition) is 3. The van der Waals surface area contributed by atoms with Crippen LogP contribution in [0, 0.1) is 13.8 Å². The summed E-state index contributed by atoms with van der Waals surface area (Å²) in [4.78, 5) is 5.39. The molecule has 0 radical (unpaired) electrons. The minimum Gasteiger partial charge on any atom is -0.311 e. The highest BCUT2D eigenvalue weighted by atomic mass is 32.1. The number of thiophene rings is 1. The van der Waals surface area contributed by atoms with Gasteiger partial charge in [-0.25, -0.2) is 0 Å². The van der Waals surface area contributed by atoms with Crippen molar-refractivity contribution in [3.05, 3.63) is 123 Å². The van der Waals surface area contributed by atoms with E-state index in [9.17, 15) is 0 Å². The third-order valence-corrected chi connectivity index (χ3v) is 16.0. The molecule has 0 N–H and O–H groups in total. The highest BCUT2D eigenvalue weighted by Gasteiger charge is 2.48. The summed E-state index contributed by atoms with van der Waals surface area (Å²) < 4.78 is 2.82. The molecule has 0 saturated heterocycles. The summed E-state index contributed by atoms with van der Waals surface area (Å²) >= 11 is 2.02. The van der Waals surface area contributed by atoms with Gasteiger partial charge in [0.1, 0.15) is 0 Å². The highest BCUT2D eigenvalue weighted by molar-refractivity contribution is 7.33. The topological polar surface area (TPSA) is 6.48 Å². The lowest BCUT2D eigenvalue weighted by Crippen LogP contribution is -2.61. The fourth-order valence-electron chi connectivity index (χ4n) is 10.5. The Labute approximate surface area is 379 Å². The molecule has 1 aromatic heterocycles. The van der Waals surface area contributed by atoms with Crippen LogP contribution in [-0.2, 0) is 32.5 Å². The molecule has 3 aliphatic rings. The van der Waals surface area contributed by atoms with Gasteiger partial charge in [0.25, 0.3) is 6.71 Å². The third kappa shape index (κ3) is 6.88. The van der Waals surface area contributed by atoms with E-state index in [0.717, 1.165) is 0 Å². The van der Waals surface area contributed by atoms with Gasteiger partial charge in [0.2, 0.25) is 0 Å². The zero-order chi connectivity index (χ0) is 45.0. The predicted octanol–water partition coefficient (Wildman–Crippen LogP) is 15.1. The first-order chi connectivity index (χ1) is 28.5. The van der Waals surface area contributed by atoms with Crippen LogP contribution in [0.5, 0.6) is 0 Å². The summed E-state index contributed by atoms with van der Waals surface area (Å²) in [5.74, 6) is 0. The second-order valence-electron chi connectivity index (χ2n) is 24.9. The SMILES string of the molecule is Cc1cc2c3c(c1)N(c1cc(C(C)(C)C)cc(C(C)(C)C)c1)c1c(sc4cc(C)ccc14)B3c1cc3c(cc1N2c1cc(C(C)(C)C)cc(C(C)(C)C)c1)C(C)(C)CCC3(C)C. The monoisotopic (exact) mass is 839 g/mol. The Morgan fingerprint density at radius 3 is 1.44 bits per heavy atom. The quantitative estimate of drug-likeness (QED) is 0.160. The molecule has 0 spiro atoms. The van der Waals surface area contributed by atoms with Gasteiger partial charge in [-0.3, -0.25) is 0 Å². The minimum atomic E-state index is -0.0190. The van der Waals surface area contributed by atoms with Gasteiger partial charge >= 0.3 is 0 Å². The molecular weight excluding hydrogens is 768 g/mol. The molecule has 0 atom stereocenters. The molecule has 9 rings (SSSR count). The molecule has 0 bridgehead atoms. The molecule has 6 aromatic rings. The van der Waals surface area contributed by atoms with Gasteiger partial charge in [-0.05, 0) is 163 Å². The van der Waals surface area contributed by atoms with Crippen molar-refractivity contribution in [2.75, 3.05) is 9.80 Å². The predicted molar refractivity (Wildman–Crippen MR) is 275 cm³/mol. The summed E-state index contributed by atoms with van der Waals surface area (Å²) in [6, 6.07) is 32.5. The van der Waals surface area contributed by atoms with Gasteiger partial charge < -0.3 is 9.80 Å². The molecule has 1 aliphatic carbocycles. The summed E-state index contributed by atoms with van der Waals surface area (Å²) in [7, 11) is 0. The van der Waals surface area contributed by atoms with Crippen molar-refractivity contribution in [1.29, 1.82) is 0 Å². The highest BCUT2D eigenvalue weighted by Crippen LogP contribution is 2.53. The maximum Gasteiger partial charge on any atom is 0.264 e. The first-order valence-corrected chi connectivity index (χ1v) is 24.2. The first kappa shape index (κ1) is 43.0. The minimum absolute atomic E-state index is 0.0186. The van der Waals surface area contributed by atoms with Crippen LogP contribution in [0.2, 0.25) is 0 Å². The average Bonchev–Trinajstić information content (AvgIpc) is 3.52. The number of nitrogens with zero attached hydrogens (tertiary/aromatic N) is 2. The molecule has 0 unspecified atom stereocenters. The smallest absolute Gasteiger partial charge is 0.264 e.